The maximum atomic E-state index is 13.9. The van der Waals surface area contributed by atoms with Gasteiger partial charge in [-0.15, -0.1) is 0 Å². The van der Waals surface area contributed by atoms with Crippen LogP contribution in [0.5, 0.6) is 0 Å². The number of nitrogens with one attached hydrogen (secondary N) is 1. The molecule has 1 aliphatic heterocycles. The minimum atomic E-state index is -4.06. The number of piperazine rings is 1. The average molecular weight is 413 g/mol. The highest BCUT2D eigenvalue weighted by Crippen LogP contribution is 2.21. The Morgan fingerprint density at radius 1 is 1.18 bits per heavy atom. The van der Waals surface area contributed by atoms with E-state index in [-0.39, 0.29) is 25.5 Å². The van der Waals surface area contributed by atoms with Gasteiger partial charge in [0.25, 0.3) is 0 Å². The van der Waals surface area contributed by atoms with Gasteiger partial charge in [-0.2, -0.15) is 9.40 Å². The van der Waals surface area contributed by atoms with Crippen LogP contribution in [0.1, 0.15) is 5.69 Å². The highest BCUT2D eigenvalue weighted by atomic mass is 32.2. The highest BCUT2D eigenvalue weighted by Gasteiger charge is 2.31. The molecule has 2 aromatic rings. The van der Waals surface area contributed by atoms with Crippen LogP contribution in [0.15, 0.2) is 29.2 Å². The molecule has 11 heteroatoms. The zero-order chi connectivity index (χ0) is 20.5. The molecule has 0 aliphatic carbocycles. The van der Waals surface area contributed by atoms with Gasteiger partial charge in [0.1, 0.15) is 22.3 Å². The molecule has 1 aliphatic rings. The van der Waals surface area contributed by atoms with Crippen LogP contribution in [0.3, 0.4) is 0 Å². The zero-order valence-electron chi connectivity index (χ0n) is 15.5. The molecule has 0 atom stereocenters. The minimum Gasteiger partial charge on any atom is -0.310 e. The van der Waals surface area contributed by atoms with E-state index in [9.17, 15) is 22.0 Å². The van der Waals surface area contributed by atoms with Gasteiger partial charge in [0, 0.05) is 45.4 Å². The first kappa shape index (κ1) is 20.4. The van der Waals surface area contributed by atoms with E-state index in [1.807, 2.05) is 11.8 Å². The molecule has 1 amide bonds. The molecule has 8 nitrogen and oxygen atoms in total. The summed E-state index contributed by atoms with van der Waals surface area (Å²) in [6.07, 6.45) is 0. The van der Waals surface area contributed by atoms with Crippen LogP contribution >= 0.6 is 0 Å². The maximum Gasteiger partial charge on any atom is 0.246 e. The first-order chi connectivity index (χ1) is 13.2. The summed E-state index contributed by atoms with van der Waals surface area (Å²) in [7, 11) is -2.34. The van der Waals surface area contributed by atoms with Crippen molar-refractivity contribution in [1.82, 2.24) is 19.0 Å². The van der Waals surface area contributed by atoms with Crippen molar-refractivity contribution >= 4 is 21.7 Å². The van der Waals surface area contributed by atoms with Crippen molar-refractivity contribution in [2.75, 3.05) is 38.0 Å². The van der Waals surface area contributed by atoms with Gasteiger partial charge in [-0.1, -0.05) is 0 Å². The molecule has 1 aromatic carbocycles. The lowest BCUT2D eigenvalue weighted by molar-refractivity contribution is -0.117. The van der Waals surface area contributed by atoms with Gasteiger partial charge in [-0.25, -0.2) is 17.2 Å². The van der Waals surface area contributed by atoms with Crippen LogP contribution in [-0.4, -0.2) is 66.0 Å². The number of carbonyl (C=O) groups is 1. The Kier molecular flexibility index (Phi) is 5.77. The summed E-state index contributed by atoms with van der Waals surface area (Å²) in [5.74, 6) is -1.61. The monoisotopic (exact) mass is 413 g/mol. The largest absolute Gasteiger partial charge is 0.310 e. The van der Waals surface area contributed by atoms with Crippen molar-refractivity contribution in [3.63, 3.8) is 0 Å². The van der Waals surface area contributed by atoms with E-state index in [2.05, 4.69) is 10.4 Å². The first-order valence-electron chi connectivity index (χ1n) is 8.65. The van der Waals surface area contributed by atoms with Gasteiger partial charge in [-0.3, -0.25) is 14.4 Å². The lowest BCUT2D eigenvalue weighted by Crippen LogP contribution is -2.50. The number of rotatable bonds is 5. The number of carbonyl (C=O) groups excluding carboxylic acids is 1. The molecular weight excluding hydrogens is 392 g/mol. The van der Waals surface area contributed by atoms with Crippen LogP contribution in [0.2, 0.25) is 0 Å². The summed E-state index contributed by atoms with van der Waals surface area (Å²) in [6.45, 7) is 2.77. The lowest BCUT2D eigenvalue weighted by atomic mass is 10.3. The van der Waals surface area contributed by atoms with E-state index in [4.69, 9.17) is 0 Å². The van der Waals surface area contributed by atoms with Crippen molar-refractivity contribution in [3.8, 4) is 0 Å². The van der Waals surface area contributed by atoms with Crippen LogP contribution in [0.25, 0.3) is 0 Å². The van der Waals surface area contributed by atoms with E-state index in [1.54, 1.807) is 17.8 Å². The van der Waals surface area contributed by atoms with Crippen molar-refractivity contribution in [1.29, 1.82) is 0 Å². The molecule has 1 N–H and O–H groups in total. The minimum absolute atomic E-state index is 0.100. The summed E-state index contributed by atoms with van der Waals surface area (Å²) in [4.78, 5) is 13.5. The summed E-state index contributed by atoms with van der Waals surface area (Å²) < 4.78 is 54.8. The van der Waals surface area contributed by atoms with E-state index in [1.165, 1.54) is 0 Å². The van der Waals surface area contributed by atoms with Gasteiger partial charge in [-0.05, 0) is 19.1 Å². The molecule has 0 unspecified atom stereocenters. The Balaban J connectivity index is 1.58. The van der Waals surface area contributed by atoms with Crippen LogP contribution in [0, 0.1) is 18.6 Å². The fourth-order valence-corrected chi connectivity index (χ4v) is 4.53. The second kappa shape index (κ2) is 7.94. The number of hydrogen-bond acceptors (Lipinski definition) is 5. The third-order valence-electron chi connectivity index (χ3n) is 4.48. The Morgan fingerprint density at radius 3 is 2.43 bits per heavy atom. The Morgan fingerprint density at radius 2 is 1.86 bits per heavy atom. The molecule has 0 spiro atoms. The fraction of sp³-hybridized carbons (Fsp3) is 0.412. The van der Waals surface area contributed by atoms with Gasteiger partial charge < -0.3 is 5.32 Å². The maximum absolute atomic E-state index is 13.9. The quantitative estimate of drug-likeness (QED) is 0.789. The second-order valence-electron chi connectivity index (χ2n) is 6.60. The predicted molar refractivity (Wildman–Crippen MR) is 98.1 cm³/mol. The number of anilines is 1. The van der Waals surface area contributed by atoms with Gasteiger partial charge in [0.2, 0.25) is 15.9 Å². The number of sulfonamides is 1. The van der Waals surface area contributed by atoms with Gasteiger partial charge in [0.15, 0.2) is 0 Å². The molecule has 1 saturated heterocycles. The Labute approximate surface area is 161 Å². The van der Waals surface area contributed by atoms with Gasteiger partial charge >= 0.3 is 0 Å². The molecule has 152 valence electrons. The van der Waals surface area contributed by atoms with E-state index < -0.39 is 26.6 Å². The molecule has 0 bridgehead atoms. The third-order valence-corrected chi connectivity index (χ3v) is 6.41. The average Bonchev–Trinajstić information content (AvgIpc) is 2.92. The highest BCUT2D eigenvalue weighted by molar-refractivity contribution is 7.89. The molecule has 2 heterocycles. The Hall–Kier alpha value is -2.37. The van der Waals surface area contributed by atoms with Crippen LogP contribution < -0.4 is 5.32 Å². The topological polar surface area (TPSA) is 87.5 Å². The summed E-state index contributed by atoms with van der Waals surface area (Å²) in [5, 5.41) is 6.91. The number of benzene rings is 1. The molecule has 0 saturated carbocycles. The molecule has 0 radical (unpaired) electrons. The lowest BCUT2D eigenvalue weighted by Gasteiger charge is -2.33. The molecule has 28 heavy (non-hydrogen) atoms. The van der Waals surface area contributed by atoms with Crippen LogP contribution in [-0.2, 0) is 21.9 Å². The van der Waals surface area contributed by atoms with Crippen molar-refractivity contribution in [2.24, 2.45) is 7.05 Å². The number of amides is 1. The normalized spacial score (nSPS) is 16.3. The smallest absolute Gasteiger partial charge is 0.246 e. The summed E-state index contributed by atoms with van der Waals surface area (Å²) in [6, 6.07) is 4.14. The van der Waals surface area contributed by atoms with Gasteiger partial charge in [0.05, 0.1) is 12.2 Å². The molecule has 3 rings (SSSR count). The SMILES string of the molecule is Cc1cc(NC(=O)CN2CCN(S(=O)(=O)c3ccc(F)cc3F)CC2)n(C)n1. The third kappa shape index (κ3) is 4.37. The molecule has 1 fully saturated rings. The second-order valence-corrected chi connectivity index (χ2v) is 8.50. The fourth-order valence-electron chi connectivity index (χ4n) is 3.06. The van der Waals surface area contributed by atoms with Crippen LogP contribution in [0.4, 0.5) is 14.6 Å². The number of aromatic nitrogens is 2. The predicted octanol–water partition coefficient (Wildman–Crippen LogP) is 0.952. The Bertz CT molecular complexity index is 985. The molecular formula is C17H21F2N5O3S. The summed E-state index contributed by atoms with van der Waals surface area (Å²) in [5.41, 5.74) is 0.782. The zero-order valence-corrected chi connectivity index (χ0v) is 16.3. The number of halogens is 2. The number of nitrogens with zero attached hydrogens (tertiary/aromatic N) is 4. The number of aryl methyl sites for hydroxylation is 2. The summed E-state index contributed by atoms with van der Waals surface area (Å²) >= 11 is 0. The standard InChI is InChI=1S/C17H21F2N5O3S/c1-12-9-16(22(2)21-12)20-17(25)11-23-5-7-24(8-6-23)28(26,27)15-4-3-13(18)10-14(15)19/h3-4,9-10H,5-8,11H2,1-2H3,(H,20,25). The first-order valence-corrected chi connectivity index (χ1v) is 10.1. The van der Waals surface area contributed by atoms with E-state index in [0.717, 1.165) is 22.1 Å². The molecule has 1 aromatic heterocycles. The van der Waals surface area contributed by atoms with Crippen molar-refractivity contribution in [3.05, 3.63) is 41.6 Å². The van der Waals surface area contributed by atoms with E-state index >= 15 is 0 Å². The van der Waals surface area contributed by atoms with Crippen molar-refractivity contribution < 1.29 is 22.0 Å². The van der Waals surface area contributed by atoms with Crippen molar-refractivity contribution in [2.45, 2.75) is 11.8 Å². The van der Waals surface area contributed by atoms with E-state index in [0.29, 0.717) is 25.0 Å². The number of hydrogen-bond donors (Lipinski definition) is 1.